The number of azide groups is 2. The van der Waals surface area contributed by atoms with E-state index in [-0.39, 0.29) is 19.9 Å². The smallest absolute Gasteiger partial charge is 0.126 e. The summed E-state index contributed by atoms with van der Waals surface area (Å²) < 4.78 is 4.73. The van der Waals surface area contributed by atoms with Crippen LogP contribution in [0.4, 0.5) is 0 Å². The molecule has 0 rings (SSSR count). The first-order valence-corrected chi connectivity index (χ1v) is 3.27. The molecule has 0 N–H and O–H groups in total. The van der Waals surface area contributed by atoms with Crippen molar-refractivity contribution < 1.29 is 4.74 Å². The number of nitroso groups, excluding NO2 is 1. The first kappa shape index (κ1) is 11.2. The van der Waals surface area contributed by atoms with Gasteiger partial charge in [0.2, 0.25) is 0 Å². The maximum Gasteiger partial charge on any atom is 0.126 e. The Morgan fingerprint density at radius 3 is 2.54 bits per heavy atom. The molecule has 0 aliphatic heterocycles. The third-order valence-corrected chi connectivity index (χ3v) is 1.03. The second-order valence-electron chi connectivity index (χ2n) is 1.90. The highest BCUT2D eigenvalue weighted by Crippen LogP contribution is 1.93. The number of hydrogen-bond acceptors (Lipinski definition) is 5. The predicted molar refractivity (Wildman–Crippen MR) is 43.6 cm³/mol. The van der Waals surface area contributed by atoms with Gasteiger partial charge in [-0.2, -0.15) is 4.91 Å². The number of rotatable bonds is 7. The second-order valence-corrected chi connectivity index (χ2v) is 1.90. The van der Waals surface area contributed by atoms with Crippen LogP contribution in [0.5, 0.6) is 0 Å². The molecule has 0 spiro atoms. The maximum absolute atomic E-state index is 10.1. The van der Waals surface area contributed by atoms with Crippen LogP contribution in [-0.4, -0.2) is 25.9 Å². The lowest BCUT2D eigenvalue weighted by molar-refractivity contribution is 0.129. The summed E-state index contributed by atoms with van der Waals surface area (Å²) in [7, 11) is 0. The molecule has 0 fully saturated rings. The lowest BCUT2D eigenvalue weighted by Crippen LogP contribution is -2.16. The SMILES string of the molecule is [N-]=[N+]=NCOCC(CN=[N+]=[N-])N=O. The molecular weight excluding hydrogens is 178 g/mol. The highest BCUT2D eigenvalue weighted by molar-refractivity contribution is 4.67. The van der Waals surface area contributed by atoms with Gasteiger partial charge in [-0.1, -0.05) is 15.4 Å². The highest BCUT2D eigenvalue weighted by Gasteiger charge is 2.06. The van der Waals surface area contributed by atoms with Crippen molar-refractivity contribution in [2.45, 2.75) is 6.04 Å². The van der Waals surface area contributed by atoms with Crippen molar-refractivity contribution in [3.8, 4) is 0 Å². The minimum atomic E-state index is -0.732. The van der Waals surface area contributed by atoms with Crippen LogP contribution >= 0.6 is 0 Å². The average Bonchev–Trinajstić information content (AvgIpc) is 2.17. The van der Waals surface area contributed by atoms with Gasteiger partial charge < -0.3 is 4.74 Å². The van der Waals surface area contributed by atoms with E-state index in [1.165, 1.54) is 0 Å². The second kappa shape index (κ2) is 8.28. The molecule has 0 aliphatic carbocycles. The Balaban J connectivity index is 3.64. The third kappa shape index (κ3) is 6.57. The Morgan fingerprint density at radius 2 is 2.00 bits per heavy atom. The van der Waals surface area contributed by atoms with Gasteiger partial charge in [-0.15, -0.1) is 0 Å². The minimum absolute atomic E-state index is 0.0263. The zero-order chi connectivity index (χ0) is 9.94. The Hall–Kier alpha value is -1.82. The monoisotopic (exact) mass is 185 g/mol. The van der Waals surface area contributed by atoms with Crippen molar-refractivity contribution in [1.29, 1.82) is 0 Å². The summed E-state index contributed by atoms with van der Waals surface area (Å²) >= 11 is 0. The third-order valence-electron chi connectivity index (χ3n) is 1.03. The first-order chi connectivity index (χ1) is 6.35. The summed E-state index contributed by atoms with van der Waals surface area (Å²) in [5, 5.41) is 8.86. The molecule has 0 aliphatic rings. The van der Waals surface area contributed by atoms with Crippen molar-refractivity contribution >= 4 is 0 Å². The average molecular weight is 185 g/mol. The molecule has 0 radical (unpaired) electrons. The number of hydrogen-bond donors (Lipinski definition) is 0. The van der Waals surface area contributed by atoms with Gasteiger partial charge in [0.1, 0.15) is 12.8 Å². The molecular formula is C4H7N7O2. The van der Waals surface area contributed by atoms with Crippen LogP contribution in [0.15, 0.2) is 15.4 Å². The van der Waals surface area contributed by atoms with Gasteiger partial charge >= 0.3 is 0 Å². The molecule has 9 nitrogen and oxygen atoms in total. The highest BCUT2D eigenvalue weighted by atomic mass is 16.5. The van der Waals surface area contributed by atoms with E-state index >= 15 is 0 Å². The van der Waals surface area contributed by atoms with Crippen LogP contribution in [0.25, 0.3) is 20.9 Å². The molecule has 0 aromatic rings. The quantitative estimate of drug-likeness (QED) is 0.196. The fourth-order valence-corrected chi connectivity index (χ4v) is 0.503. The van der Waals surface area contributed by atoms with Gasteiger partial charge in [-0.05, 0) is 11.1 Å². The van der Waals surface area contributed by atoms with Gasteiger partial charge in [0.15, 0.2) is 0 Å². The molecule has 0 heterocycles. The summed E-state index contributed by atoms with van der Waals surface area (Å²) in [4.78, 5) is 14.9. The lowest BCUT2D eigenvalue weighted by Gasteiger charge is -2.03. The van der Waals surface area contributed by atoms with E-state index in [2.05, 4.69) is 25.2 Å². The predicted octanol–water partition coefficient (Wildman–Crippen LogP) is 1.72. The van der Waals surface area contributed by atoms with Gasteiger partial charge in [0.05, 0.1) is 13.2 Å². The summed E-state index contributed by atoms with van der Waals surface area (Å²) in [5.74, 6) is 0. The van der Waals surface area contributed by atoms with E-state index in [9.17, 15) is 4.91 Å². The molecule has 13 heavy (non-hydrogen) atoms. The number of ether oxygens (including phenoxy) is 1. The van der Waals surface area contributed by atoms with Crippen molar-refractivity contribution in [1.82, 2.24) is 0 Å². The van der Waals surface area contributed by atoms with Crippen LogP contribution < -0.4 is 0 Å². The molecule has 70 valence electrons. The number of nitrogens with zero attached hydrogens (tertiary/aromatic N) is 7. The van der Waals surface area contributed by atoms with Crippen LogP contribution in [0.3, 0.4) is 0 Å². The molecule has 0 saturated heterocycles. The minimum Gasteiger partial charge on any atom is -0.373 e. The van der Waals surface area contributed by atoms with Crippen LogP contribution in [0.2, 0.25) is 0 Å². The summed E-state index contributed by atoms with van der Waals surface area (Å²) in [5.41, 5.74) is 15.8. The molecule has 0 amide bonds. The van der Waals surface area contributed by atoms with Crippen molar-refractivity contribution in [3.63, 3.8) is 0 Å². The van der Waals surface area contributed by atoms with E-state index in [4.69, 9.17) is 15.8 Å². The van der Waals surface area contributed by atoms with E-state index in [1.807, 2.05) is 0 Å². The van der Waals surface area contributed by atoms with E-state index < -0.39 is 6.04 Å². The molecule has 0 aromatic carbocycles. The van der Waals surface area contributed by atoms with E-state index in [0.717, 1.165) is 0 Å². The van der Waals surface area contributed by atoms with Crippen molar-refractivity contribution in [2.24, 2.45) is 15.4 Å². The standard InChI is InChI=1S/C4H7N7O2/c5-10-7-1-4(9-12)2-13-3-8-11-6/h4H,1-3H2. The van der Waals surface area contributed by atoms with Gasteiger partial charge in [0.25, 0.3) is 0 Å². The summed E-state index contributed by atoms with van der Waals surface area (Å²) in [6, 6.07) is -0.732. The maximum atomic E-state index is 10.1. The normalized spacial score (nSPS) is 10.8. The fourth-order valence-electron chi connectivity index (χ4n) is 0.503. The van der Waals surface area contributed by atoms with Crippen LogP contribution in [0.1, 0.15) is 0 Å². The largest absolute Gasteiger partial charge is 0.373 e. The molecule has 0 saturated carbocycles. The molecule has 1 atom stereocenters. The molecule has 1 unspecified atom stereocenters. The fraction of sp³-hybridized carbons (Fsp3) is 1.00. The zero-order valence-corrected chi connectivity index (χ0v) is 6.65. The van der Waals surface area contributed by atoms with Crippen LogP contribution in [-0.2, 0) is 4.74 Å². The van der Waals surface area contributed by atoms with E-state index in [1.54, 1.807) is 0 Å². The van der Waals surface area contributed by atoms with Crippen molar-refractivity contribution in [2.75, 3.05) is 19.9 Å². The Kier molecular flexibility index (Phi) is 7.12. The molecule has 9 heteroatoms. The topological polar surface area (TPSA) is 136 Å². The Labute approximate surface area is 72.9 Å². The molecule has 0 aromatic heterocycles. The van der Waals surface area contributed by atoms with E-state index in [0.29, 0.717) is 0 Å². The van der Waals surface area contributed by atoms with Gasteiger partial charge in [0, 0.05) is 9.82 Å². The summed E-state index contributed by atoms with van der Waals surface area (Å²) in [6.45, 7) is -0.253. The zero-order valence-electron chi connectivity index (χ0n) is 6.65. The molecule has 0 bridgehead atoms. The van der Waals surface area contributed by atoms with Crippen molar-refractivity contribution in [3.05, 3.63) is 25.8 Å². The van der Waals surface area contributed by atoms with Gasteiger partial charge in [-0.3, -0.25) is 0 Å². The van der Waals surface area contributed by atoms with Crippen LogP contribution in [0, 0.1) is 4.91 Å². The van der Waals surface area contributed by atoms with Gasteiger partial charge in [-0.25, -0.2) is 0 Å². The Morgan fingerprint density at radius 1 is 1.31 bits per heavy atom. The Bertz CT molecular complexity index is 241. The lowest BCUT2D eigenvalue weighted by atomic mass is 10.3. The summed E-state index contributed by atoms with van der Waals surface area (Å²) in [6.07, 6.45) is 0. The first-order valence-electron chi connectivity index (χ1n) is 3.27.